The summed E-state index contributed by atoms with van der Waals surface area (Å²) in [6.45, 7) is 2.78. The number of hydrogen-bond donors (Lipinski definition) is 2. The largest absolute Gasteiger partial charge is 0.495 e. The first kappa shape index (κ1) is 25.2. The molecule has 0 aromatic heterocycles. The maximum absolute atomic E-state index is 13.0. The van der Waals surface area contributed by atoms with Gasteiger partial charge in [0.15, 0.2) is 6.61 Å². The van der Waals surface area contributed by atoms with Crippen molar-refractivity contribution < 1.29 is 32.2 Å². The van der Waals surface area contributed by atoms with E-state index in [1.807, 2.05) is 19.1 Å². The lowest BCUT2D eigenvalue weighted by molar-refractivity contribution is -0.128. The highest BCUT2D eigenvalue weighted by molar-refractivity contribution is 7.89. The zero-order valence-electron chi connectivity index (χ0n) is 18.9. The number of morpholine rings is 1. The first-order valence-corrected chi connectivity index (χ1v) is 12.0. The number of rotatable bonds is 8. The number of carbonyl (C=O) groups is 2. The Labute approximate surface area is 198 Å². The molecule has 10 nitrogen and oxygen atoms in total. The Morgan fingerprint density at radius 2 is 1.88 bits per heavy atom. The Hall–Kier alpha value is -3.41. The van der Waals surface area contributed by atoms with Gasteiger partial charge in [-0.15, -0.1) is 0 Å². The number of amides is 2. The van der Waals surface area contributed by atoms with Crippen molar-refractivity contribution in [2.24, 2.45) is 0 Å². The van der Waals surface area contributed by atoms with Crippen molar-refractivity contribution in [3.8, 4) is 11.5 Å². The summed E-state index contributed by atoms with van der Waals surface area (Å²) in [4.78, 5) is 24.0. The van der Waals surface area contributed by atoms with Crippen molar-refractivity contribution in [3.05, 3.63) is 59.7 Å². The summed E-state index contributed by atoms with van der Waals surface area (Å²) in [5, 5.41) is 0. The van der Waals surface area contributed by atoms with E-state index in [0.29, 0.717) is 24.5 Å². The van der Waals surface area contributed by atoms with E-state index in [-0.39, 0.29) is 30.3 Å². The summed E-state index contributed by atoms with van der Waals surface area (Å²) >= 11 is 0. The molecule has 2 aromatic carbocycles. The number of nitrogens with one attached hydrogen (secondary N) is 2. The summed E-state index contributed by atoms with van der Waals surface area (Å²) in [7, 11) is -2.41. The number of hydrazine groups is 1. The van der Waals surface area contributed by atoms with Crippen LogP contribution in [-0.2, 0) is 24.3 Å². The summed E-state index contributed by atoms with van der Waals surface area (Å²) in [6.07, 6.45) is 2.61. The Morgan fingerprint density at radius 3 is 2.59 bits per heavy atom. The van der Waals surface area contributed by atoms with Gasteiger partial charge < -0.3 is 14.2 Å². The van der Waals surface area contributed by atoms with Gasteiger partial charge >= 0.3 is 0 Å². The number of ether oxygens (including phenoxy) is 3. The molecule has 0 unspecified atom stereocenters. The SMILES string of the molecule is COc1ccc(/C=C/C(=O)NNC(=O)COc2cccc(C)c2)cc1S(=O)(=O)N1CCOCC1. The lowest BCUT2D eigenvalue weighted by Gasteiger charge is -2.26. The fourth-order valence-corrected chi connectivity index (χ4v) is 4.76. The minimum atomic E-state index is -3.80. The van der Waals surface area contributed by atoms with E-state index < -0.39 is 21.8 Å². The van der Waals surface area contributed by atoms with Crippen molar-refractivity contribution >= 4 is 27.9 Å². The van der Waals surface area contributed by atoms with E-state index >= 15 is 0 Å². The highest BCUT2D eigenvalue weighted by atomic mass is 32.2. The van der Waals surface area contributed by atoms with E-state index in [4.69, 9.17) is 14.2 Å². The number of carbonyl (C=O) groups excluding carboxylic acids is 2. The van der Waals surface area contributed by atoms with E-state index in [1.54, 1.807) is 18.2 Å². The Bertz CT molecular complexity index is 1160. The molecule has 0 aliphatic carbocycles. The number of methoxy groups -OCH3 is 1. The van der Waals surface area contributed by atoms with E-state index in [0.717, 1.165) is 5.56 Å². The van der Waals surface area contributed by atoms with Crippen LogP contribution in [0.3, 0.4) is 0 Å². The third kappa shape index (κ3) is 6.80. The minimum Gasteiger partial charge on any atom is -0.495 e. The van der Waals surface area contributed by atoms with Crippen LogP contribution in [0.2, 0.25) is 0 Å². The lowest BCUT2D eigenvalue weighted by atomic mass is 10.2. The zero-order valence-corrected chi connectivity index (χ0v) is 19.8. The predicted octanol–water partition coefficient (Wildman–Crippen LogP) is 1.26. The van der Waals surface area contributed by atoms with Gasteiger partial charge in [-0.2, -0.15) is 4.31 Å². The molecular weight excluding hydrogens is 462 g/mol. The Morgan fingerprint density at radius 1 is 1.12 bits per heavy atom. The molecule has 1 saturated heterocycles. The molecule has 0 radical (unpaired) electrons. The number of benzene rings is 2. The first-order valence-electron chi connectivity index (χ1n) is 10.5. The molecule has 1 heterocycles. The van der Waals surface area contributed by atoms with Crippen molar-refractivity contribution in [1.29, 1.82) is 0 Å². The third-order valence-electron chi connectivity index (χ3n) is 4.89. The monoisotopic (exact) mass is 489 g/mol. The van der Waals surface area contributed by atoms with Crippen LogP contribution < -0.4 is 20.3 Å². The molecule has 2 amide bonds. The second kappa shape index (κ2) is 11.6. The normalized spacial score (nSPS) is 14.5. The fraction of sp³-hybridized carbons (Fsp3) is 0.304. The molecule has 3 rings (SSSR count). The quantitative estimate of drug-likeness (QED) is 0.423. The Kier molecular flexibility index (Phi) is 8.63. The van der Waals surface area contributed by atoms with Gasteiger partial charge in [0.2, 0.25) is 10.0 Å². The van der Waals surface area contributed by atoms with Crippen LogP contribution in [-0.4, -0.2) is 64.6 Å². The maximum atomic E-state index is 13.0. The highest BCUT2D eigenvalue weighted by Gasteiger charge is 2.29. The van der Waals surface area contributed by atoms with Gasteiger partial charge in [-0.1, -0.05) is 18.2 Å². The van der Waals surface area contributed by atoms with Crippen LogP contribution in [0, 0.1) is 6.92 Å². The van der Waals surface area contributed by atoms with Crippen molar-refractivity contribution in [2.75, 3.05) is 40.0 Å². The van der Waals surface area contributed by atoms with E-state index in [2.05, 4.69) is 10.9 Å². The molecule has 0 bridgehead atoms. The van der Waals surface area contributed by atoms with Crippen molar-refractivity contribution in [2.45, 2.75) is 11.8 Å². The molecule has 0 atom stereocenters. The second-order valence-corrected chi connectivity index (χ2v) is 9.31. The van der Waals surface area contributed by atoms with Gasteiger partial charge in [-0.05, 0) is 48.4 Å². The molecule has 1 aliphatic heterocycles. The standard InChI is InChI=1S/C23H27N3O7S/c1-17-4-3-5-19(14-17)33-16-23(28)25-24-22(27)9-7-18-6-8-20(31-2)21(15-18)34(29,30)26-10-12-32-13-11-26/h3-9,14-15H,10-13,16H2,1-2H3,(H,24,27)(H,25,28)/b9-7+. The van der Waals surface area contributed by atoms with Gasteiger partial charge in [0.1, 0.15) is 16.4 Å². The summed E-state index contributed by atoms with van der Waals surface area (Å²) < 4.78 is 43.2. The third-order valence-corrected chi connectivity index (χ3v) is 6.81. The average molecular weight is 490 g/mol. The maximum Gasteiger partial charge on any atom is 0.276 e. The predicted molar refractivity (Wildman–Crippen MR) is 125 cm³/mol. The lowest BCUT2D eigenvalue weighted by Crippen LogP contribution is -2.43. The van der Waals surface area contributed by atoms with Crippen LogP contribution in [0.4, 0.5) is 0 Å². The molecule has 0 saturated carbocycles. The fourth-order valence-electron chi connectivity index (χ4n) is 3.16. The van der Waals surface area contributed by atoms with Gasteiger partial charge in [-0.25, -0.2) is 8.42 Å². The molecule has 182 valence electrons. The second-order valence-electron chi connectivity index (χ2n) is 7.40. The van der Waals surface area contributed by atoms with Gasteiger partial charge in [-0.3, -0.25) is 20.4 Å². The van der Waals surface area contributed by atoms with E-state index in [1.165, 1.54) is 35.7 Å². The molecule has 1 fully saturated rings. The van der Waals surface area contributed by atoms with Crippen LogP contribution >= 0.6 is 0 Å². The minimum absolute atomic E-state index is 0.000980. The summed E-state index contributed by atoms with van der Waals surface area (Å²) in [6, 6.07) is 11.8. The van der Waals surface area contributed by atoms with E-state index in [9.17, 15) is 18.0 Å². The first-order chi connectivity index (χ1) is 16.3. The van der Waals surface area contributed by atoms with Crippen LogP contribution in [0.5, 0.6) is 11.5 Å². The van der Waals surface area contributed by atoms with Crippen LogP contribution in [0.15, 0.2) is 53.4 Å². The number of hydrogen-bond acceptors (Lipinski definition) is 7. The molecule has 34 heavy (non-hydrogen) atoms. The van der Waals surface area contributed by atoms with Gasteiger partial charge in [0, 0.05) is 19.2 Å². The number of sulfonamides is 1. The highest BCUT2D eigenvalue weighted by Crippen LogP contribution is 2.28. The number of aryl methyl sites for hydroxylation is 1. The average Bonchev–Trinajstić information content (AvgIpc) is 2.85. The molecular formula is C23H27N3O7S. The van der Waals surface area contributed by atoms with Crippen molar-refractivity contribution in [1.82, 2.24) is 15.2 Å². The van der Waals surface area contributed by atoms with Crippen LogP contribution in [0.25, 0.3) is 6.08 Å². The molecule has 2 aromatic rings. The molecule has 2 N–H and O–H groups in total. The molecule has 11 heteroatoms. The Balaban J connectivity index is 1.58. The number of nitrogens with zero attached hydrogens (tertiary/aromatic N) is 1. The molecule has 0 spiro atoms. The zero-order chi connectivity index (χ0) is 24.6. The van der Waals surface area contributed by atoms with Gasteiger partial charge in [0.25, 0.3) is 11.8 Å². The van der Waals surface area contributed by atoms with Crippen LogP contribution in [0.1, 0.15) is 11.1 Å². The smallest absolute Gasteiger partial charge is 0.276 e. The molecule has 1 aliphatic rings. The topological polar surface area (TPSA) is 123 Å². The van der Waals surface area contributed by atoms with Gasteiger partial charge in [0.05, 0.1) is 20.3 Å². The summed E-state index contributed by atoms with van der Waals surface area (Å²) in [5.41, 5.74) is 5.97. The van der Waals surface area contributed by atoms with Crippen molar-refractivity contribution in [3.63, 3.8) is 0 Å². The summed E-state index contributed by atoms with van der Waals surface area (Å²) in [5.74, 6) is -0.387.